The summed E-state index contributed by atoms with van der Waals surface area (Å²) < 4.78 is 0. The maximum Gasteiger partial charge on any atom is 0.222 e. The van der Waals surface area contributed by atoms with Crippen LogP contribution < -0.4 is 0 Å². The first kappa shape index (κ1) is 12.5. The number of nitrogens with zero attached hydrogens (tertiary/aromatic N) is 1. The van der Waals surface area contributed by atoms with E-state index < -0.39 is 0 Å². The van der Waals surface area contributed by atoms with E-state index in [-0.39, 0.29) is 11.9 Å². The van der Waals surface area contributed by atoms with Crippen LogP contribution in [0.4, 0.5) is 0 Å². The summed E-state index contributed by atoms with van der Waals surface area (Å²) in [6, 6.07) is 4.22. The van der Waals surface area contributed by atoms with E-state index in [1.165, 1.54) is 4.88 Å². The number of hydrogen-bond donors (Lipinski definition) is 0. The maximum atomic E-state index is 11.7. The third kappa shape index (κ3) is 3.50. The lowest BCUT2D eigenvalue weighted by atomic mass is 10.2. The summed E-state index contributed by atoms with van der Waals surface area (Å²) in [5.41, 5.74) is 0. The highest BCUT2D eigenvalue weighted by Crippen LogP contribution is 2.23. The van der Waals surface area contributed by atoms with E-state index in [4.69, 9.17) is 11.6 Å². The van der Waals surface area contributed by atoms with Gasteiger partial charge >= 0.3 is 0 Å². The third-order valence-electron chi connectivity index (χ3n) is 2.45. The minimum atomic E-state index is 0.160. The van der Waals surface area contributed by atoms with E-state index in [1.807, 2.05) is 25.4 Å². The van der Waals surface area contributed by atoms with Crippen LogP contribution in [-0.2, 0) is 4.79 Å². The van der Waals surface area contributed by atoms with E-state index in [1.54, 1.807) is 16.2 Å². The summed E-state index contributed by atoms with van der Waals surface area (Å²) in [6.07, 6.45) is 1.29. The topological polar surface area (TPSA) is 20.3 Å². The molecule has 0 saturated carbocycles. The average molecular weight is 246 g/mol. The molecule has 1 unspecified atom stereocenters. The van der Waals surface area contributed by atoms with Crippen molar-refractivity contribution in [1.82, 2.24) is 4.90 Å². The monoisotopic (exact) mass is 245 g/mol. The standard InChI is InChI=1S/C11H16ClNOS/c1-9(10-5-4-8-15-10)13(2)11(14)6-3-7-12/h4-5,8-9H,3,6-7H2,1-2H3. The number of carbonyl (C=O) groups excluding carboxylic acids is 1. The van der Waals surface area contributed by atoms with Crippen molar-refractivity contribution in [2.75, 3.05) is 12.9 Å². The molecule has 0 radical (unpaired) electrons. The fraction of sp³-hybridized carbons (Fsp3) is 0.545. The van der Waals surface area contributed by atoms with Gasteiger partial charge in [0.15, 0.2) is 0 Å². The van der Waals surface area contributed by atoms with E-state index >= 15 is 0 Å². The van der Waals surface area contributed by atoms with Crippen LogP contribution >= 0.6 is 22.9 Å². The maximum absolute atomic E-state index is 11.7. The Kier molecular flexibility index (Phi) is 5.12. The molecule has 1 aromatic rings. The number of carbonyl (C=O) groups is 1. The molecule has 1 rings (SSSR count). The summed E-state index contributed by atoms with van der Waals surface area (Å²) in [5, 5.41) is 2.03. The van der Waals surface area contributed by atoms with Crippen LogP contribution in [0.1, 0.15) is 30.7 Å². The van der Waals surface area contributed by atoms with Gasteiger partial charge in [0.2, 0.25) is 5.91 Å². The Hall–Kier alpha value is -0.540. The van der Waals surface area contributed by atoms with Crippen LogP contribution in [0.25, 0.3) is 0 Å². The molecule has 0 N–H and O–H groups in total. The van der Waals surface area contributed by atoms with Crippen molar-refractivity contribution in [3.8, 4) is 0 Å². The summed E-state index contributed by atoms with van der Waals surface area (Å²) in [7, 11) is 1.85. The highest BCUT2D eigenvalue weighted by Gasteiger charge is 2.17. The van der Waals surface area contributed by atoms with E-state index in [0.29, 0.717) is 12.3 Å². The zero-order valence-corrected chi connectivity index (χ0v) is 10.6. The zero-order valence-electron chi connectivity index (χ0n) is 9.07. The van der Waals surface area contributed by atoms with E-state index in [0.717, 1.165) is 6.42 Å². The molecule has 0 aliphatic rings. The highest BCUT2D eigenvalue weighted by atomic mass is 35.5. The van der Waals surface area contributed by atoms with Gasteiger partial charge in [-0.3, -0.25) is 4.79 Å². The molecule has 15 heavy (non-hydrogen) atoms. The van der Waals surface area contributed by atoms with E-state index in [2.05, 4.69) is 6.07 Å². The second-order valence-electron chi connectivity index (χ2n) is 3.49. The molecule has 0 fully saturated rings. The number of thiophene rings is 1. The Morgan fingerprint density at radius 3 is 2.93 bits per heavy atom. The van der Waals surface area contributed by atoms with Crippen molar-refractivity contribution in [3.05, 3.63) is 22.4 Å². The second kappa shape index (κ2) is 6.13. The largest absolute Gasteiger partial charge is 0.338 e. The second-order valence-corrected chi connectivity index (χ2v) is 4.85. The highest BCUT2D eigenvalue weighted by molar-refractivity contribution is 7.10. The fourth-order valence-electron chi connectivity index (χ4n) is 1.33. The van der Waals surface area contributed by atoms with Gasteiger partial charge in [0.05, 0.1) is 6.04 Å². The van der Waals surface area contributed by atoms with E-state index in [9.17, 15) is 4.79 Å². The predicted octanol–water partition coefficient (Wildman–Crippen LogP) is 3.29. The molecule has 4 heteroatoms. The van der Waals surface area contributed by atoms with Gasteiger partial charge in [0.25, 0.3) is 0 Å². The lowest BCUT2D eigenvalue weighted by molar-refractivity contribution is -0.131. The van der Waals surface area contributed by atoms with Gasteiger partial charge in [-0.05, 0) is 24.8 Å². The van der Waals surface area contributed by atoms with Crippen LogP contribution in [0, 0.1) is 0 Å². The van der Waals surface area contributed by atoms with Gasteiger partial charge in [0, 0.05) is 24.2 Å². The van der Waals surface area contributed by atoms with Crippen molar-refractivity contribution >= 4 is 28.8 Å². The molecular formula is C11H16ClNOS. The molecule has 0 spiro atoms. The Morgan fingerprint density at radius 1 is 1.67 bits per heavy atom. The third-order valence-corrected chi connectivity index (χ3v) is 3.76. The first-order chi connectivity index (χ1) is 7.16. The normalized spacial score (nSPS) is 12.5. The fourth-order valence-corrected chi connectivity index (χ4v) is 2.29. The van der Waals surface area contributed by atoms with Crippen LogP contribution in [0.5, 0.6) is 0 Å². The lowest BCUT2D eigenvalue weighted by Crippen LogP contribution is -2.29. The van der Waals surface area contributed by atoms with Crippen molar-refractivity contribution in [3.63, 3.8) is 0 Å². The number of alkyl halides is 1. The molecule has 0 saturated heterocycles. The Morgan fingerprint density at radius 2 is 2.40 bits per heavy atom. The summed E-state index contributed by atoms with van der Waals surface area (Å²) >= 11 is 7.24. The number of amides is 1. The Balaban J connectivity index is 2.52. The molecule has 84 valence electrons. The minimum Gasteiger partial charge on any atom is -0.338 e. The first-order valence-electron chi connectivity index (χ1n) is 5.02. The molecule has 1 heterocycles. The van der Waals surface area contributed by atoms with Gasteiger partial charge in [-0.2, -0.15) is 0 Å². The van der Waals surface area contributed by atoms with Gasteiger partial charge < -0.3 is 4.90 Å². The molecule has 0 aliphatic heterocycles. The smallest absolute Gasteiger partial charge is 0.222 e. The Labute approximate surface area is 99.9 Å². The quantitative estimate of drug-likeness (QED) is 0.729. The molecule has 1 atom stereocenters. The van der Waals surface area contributed by atoms with Crippen molar-refractivity contribution in [1.29, 1.82) is 0 Å². The number of hydrogen-bond acceptors (Lipinski definition) is 2. The lowest BCUT2D eigenvalue weighted by Gasteiger charge is -2.24. The average Bonchev–Trinajstić information content (AvgIpc) is 2.77. The Bertz CT molecular complexity index is 300. The molecule has 2 nitrogen and oxygen atoms in total. The molecule has 1 amide bonds. The van der Waals surface area contributed by atoms with Gasteiger partial charge in [-0.25, -0.2) is 0 Å². The van der Waals surface area contributed by atoms with Gasteiger partial charge in [-0.15, -0.1) is 22.9 Å². The molecule has 0 aliphatic carbocycles. The summed E-state index contributed by atoms with van der Waals surface area (Å²) in [5.74, 6) is 0.712. The van der Waals surface area contributed by atoms with Crippen molar-refractivity contribution in [2.45, 2.75) is 25.8 Å². The van der Waals surface area contributed by atoms with Gasteiger partial charge in [-0.1, -0.05) is 6.07 Å². The predicted molar refractivity (Wildman–Crippen MR) is 65.5 cm³/mol. The van der Waals surface area contributed by atoms with Crippen LogP contribution in [-0.4, -0.2) is 23.7 Å². The minimum absolute atomic E-state index is 0.160. The van der Waals surface area contributed by atoms with Crippen LogP contribution in [0.15, 0.2) is 17.5 Å². The SMILES string of the molecule is CC(c1cccs1)N(C)C(=O)CCCCl. The molecular weight excluding hydrogens is 230 g/mol. The molecule has 0 aromatic carbocycles. The van der Waals surface area contributed by atoms with Crippen LogP contribution in [0.2, 0.25) is 0 Å². The molecule has 1 aromatic heterocycles. The molecule has 0 bridgehead atoms. The first-order valence-corrected chi connectivity index (χ1v) is 6.43. The van der Waals surface area contributed by atoms with Crippen molar-refractivity contribution in [2.24, 2.45) is 0 Å². The number of rotatable bonds is 5. The summed E-state index contributed by atoms with van der Waals surface area (Å²) in [6.45, 7) is 2.05. The van der Waals surface area contributed by atoms with Crippen LogP contribution in [0.3, 0.4) is 0 Å². The van der Waals surface area contributed by atoms with Gasteiger partial charge in [0.1, 0.15) is 0 Å². The number of halogens is 1. The summed E-state index contributed by atoms with van der Waals surface area (Å²) in [4.78, 5) is 14.7. The zero-order chi connectivity index (χ0) is 11.3. The van der Waals surface area contributed by atoms with Crippen molar-refractivity contribution < 1.29 is 4.79 Å².